The molecule has 2 saturated carbocycles. The van der Waals surface area contributed by atoms with E-state index in [-0.39, 0.29) is 0 Å². The summed E-state index contributed by atoms with van der Waals surface area (Å²) in [5.74, 6) is 3.28. The van der Waals surface area contributed by atoms with E-state index in [0.717, 1.165) is 29.2 Å². The van der Waals surface area contributed by atoms with Gasteiger partial charge in [0, 0.05) is 5.02 Å². The summed E-state index contributed by atoms with van der Waals surface area (Å²) in [6, 6.07) is 16.1. The van der Waals surface area contributed by atoms with Crippen molar-refractivity contribution in [1.82, 2.24) is 0 Å². The fraction of sp³-hybridized carbons (Fsp3) is 0.556. The number of hydrogen-bond donors (Lipinski definition) is 0. The molecule has 0 radical (unpaired) electrons. The van der Waals surface area contributed by atoms with Crippen molar-refractivity contribution in [2.24, 2.45) is 17.8 Å². The fourth-order valence-corrected chi connectivity index (χ4v) is 5.95. The maximum absolute atomic E-state index is 6.59. The van der Waals surface area contributed by atoms with E-state index < -0.39 is 0 Å². The summed E-state index contributed by atoms with van der Waals surface area (Å²) < 4.78 is 0. The minimum Gasteiger partial charge on any atom is -0.0840 e. The van der Waals surface area contributed by atoms with Gasteiger partial charge < -0.3 is 0 Å². The van der Waals surface area contributed by atoms with E-state index in [9.17, 15) is 0 Å². The smallest absolute Gasteiger partial charge is 0.0441 e. The van der Waals surface area contributed by atoms with Crippen LogP contribution in [-0.2, 0) is 12.8 Å². The lowest BCUT2D eigenvalue weighted by molar-refractivity contribution is 0.268. The quantitative estimate of drug-likeness (QED) is 0.479. The van der Waals surface area contributed by atoms with Crippen LogP contribution < -0.4 is 0 Å². The van der Waals surface area contributed by atoms with Gasteiger partial charge in [-0.25, -0.2) is 0 Å². The summed E-state index contributed by atoms with van der Waals surface area (Å²) in [6.07, 6.45) is 11.9. The van der Waals surface area contributed by atoms with Crippen LogP contribution in [0.3, 0.4) is 0 Å². The van der Waals surface area contributed by atoms with Crippen LogP contribution >= 0.6 is 11.6 Å². The Morgan fingerprint density at radius 3 is 2.14 bits per heavy atom. The number of benzene rings is 2. The van der Waals surface area contributed by atoms with Crippen LogP contribution in [0.4, 0.5) is 0 Å². The van der Waals surface area contributed by atoms with Crippen molar-refractivity contribution in [3.63, 3.8) is 0 Å². The van der Waals surface area contributed by atoms with Crippen molar-refractivity contribution < 1.29 is 0 Å². The zero-order chi connectivity index (χ0) is 19.5. The maximum atomic E-state index is 6.59. The Bertz CT molecular complexity index is 759. The SMILES string of the molecule is CC1CC(C)CC(c2ccc(Cl)c(Cc3ccc(CC4CCCC4)cc3)c2)C1. The molecule has 2 aliphatic rings. The molecule has 2 atom stereocenters. The second kappa shape index (κ2) is 9.04. The number of rotatable bonds is 5. The van der Waals surface area contributed by atoms with E-state index in [1.165, 1.54) is 73.6 Å². The lowest BCUT2D eigenvalue weighted by Gasteiger charge is -2.32. The van der Waals surface area contributed by atoms with Crippen LogP contribution in [0.15, 0.2) is 42.5 Å². The van der Waals surface area contributed by atoms with E-state index in [1.807, 2.05) is 0 Å². The van der Waals surface area contributed by atoms with E-state index in [1.54, 1.807) is 0 Å². The summed E-state index contributed by atoms with van der Waals surface area (Å²) in [6.45, 7) is 4.82. The highest BCUT2D eigenvalue weighted by Gasteiger charge is 2.25. The molecule has 2 aromatic carbocycles. The molecule has 0 N–H and O–H groups in total. The Morgan fingerprint density at radius 1 is 0.821 bits per heavy atom. The van der Waals surface area contributed by atoms with Crippen LogP contribution in [-0.4, -0.2) is 0 Å². The Labute approximate surface area is 176 Å². The molecular formula is C27H35Cl. The molecule has 0 nitrogen and oxygen atoms in total. The molecule has 2 aromatic rings. The van der Waals surface area contributed by atoms with Crippen molar-refractivity contribution in [1.29, 1.82) is 0 Å². The van der Waals surface area contributed by atoms with Crippen molar-refractivity contribution >= 4 is 11.6 Å². The van der Waals surface area contributed by atoms with Crippen LogP contribution in [0.5, 0.6) is 0 Å². The highest BCUT2D eigenvalue weighted by atomic mass is 35.5. The van der Waals surface area contributed by atoms with E-state index in [2.05, 4.69) is 56.3 Å². The average Bonchev–Trinajstić information content (AvgIpc) is 3.17. The first-order valence-electron chi connectivity index (χ1n) is 11.4. The monoisotopic (exact) mass is 394 g/mol. The molecule has 2 unspecified atom stereocenters. The second-order valence-corrected chi connectivity index (χ2v) is 10.2. The molecule has 0 bridgehead atoms. The standard InChI is InChI=1S/C27H35Cl/c1-19-13-20(2)15-25(14-19)24-11-12-27(28)26(18-24)17-23-9-7-22(8-10-23)16-21-5-3-4-6-21/h7-12,18-21,25H,3-6,13-17H2,1-2H3. The van der Waals surface area contributed by atoms with Gasteiger partial charge in [0.2, 0.25) is 0 Å². The van der Waals surface area contributed by atoms with Crippen LogP contribution in [0.1, 0.15) is 87.0 Å². The van der Waals surface area contributed by atoms with Crippen molar-refractivity contribution in [3.05, 3.63) is 69.7 Å². The predicted octanol–water partition coefficient (Wildman–Crippen LogP) is 8.20. The molecule has 2 aliphatic carbocycles. The zero-order valence-corrected chi connectivity index (χ0v) is 18.3. The van der Waals surface area contributed by atoms with Crippen molar-refractivity contribution in [2.75, 3.05) is 0 Å². The molecule has 4 rings (SSSR count). The third-order valence-electron chi connectivity index (χ3n) is 7.14. The summed E-state index contributed by atoms with van der Waals surface area (Å²) in [5, 5.41) is 0.913. The molecule has 0 aliphatic heterocycles. The predicted molar refractivity (Wildman–Crippen MR) is 121 cm³/mol. The topological polar surface area (TPSA) is 0 Å². The molecule has 0 spiro atoms. The van der Waals surface area contributed by atoms with Gasteiger partial charge in [-0.15, -0.1) is 0 Å². The van der Waals surface area contributed by atoms with E-state index in [0.29, 0.717) is 5.92 Å². The van der Waals surface area contributed by atoms with Gasteiger partial charge in [0.25, 0.3) is 0 Å². The molecule has 1 heteroatoms. The van der Waals surface area contributed by atoms with Gasteiger partial charge in [0.1, 0.15) is 0 Å². The van der Waals surface area contributed by atoms with Crippen LogP contribution in [0.2, 0.25) is 5.02 Å². The van der Waals surface area contributed by atoms with E-state index in [4.69, 9.17) is 11.6 Å². The molecule has 150 valence electrons. The Morgan fingerprint density at radius 2 is 1.46 bits per heavy atom. The summed E-state index contributed by atoms with van der Waals surface area (Å²) in [4.78, 5) is 0. The van der Waals surface area contributed by atoms with Crippen LogP contribution in [0.25, 0.3) is 0 Å². The third kappa shape index (κ3) is 5.01. The first-order valence-corrected chi connectivity index (χ1v) is 11.8. The van der Waals surface area contributed by atoms with Gasteiger partial charge in [-0.3, -0.25) is 0 Å². The summed E-state index contributed by atoms with van der Waals surface area (Å²) in [7, 11) is 0. The fourth-order valence-electron chi connectivity index (χ4n) is 5.76. The Hall–Kier alpha value is -1.27. The lowest BCUT2D eigenvalue weighted by atomic mass is 9.74. The molecule has 2 fully saturated rings. The molecule has 0 aromatic heterocycles. The van der Waals surface area contributed by atoms with Gasteiger partial charge in [0.05, 0.1) is 0 Å². The highest BCUT2D eigenvalue weighted by Crippen LogP contribution is 2.40. The highest BCUT2D eigenvalue weighted by molar-refractivity contribution is 6.31. The minimum atomic E-state index is 0.698. The third-order valence-corrected chi connectivity index (χ3v) is 7.51. The average molecular weight is 395 g/mol. The van der Waals surface area contributed by atoms with Crippen molar-refractivity contribution in [3.8, 4) is 0 Å². The summed E-state index contributed by atoms with van der Waals surface area (Å²) >= 11 is 6.59. The maximum Gasteiger partial charge on any atom is 0.0441 e. The molecule has 0 heterocycles. The van der Waals surface area contributed by atoms with Crippen LogP contribution in [0, 0.1) is 17.8 Å². The van der Waals surface area contributed by atoms with Crippen molar-refractivity contribution in [2.45, 2.75) is 77.6 Å². The van der Waals surface area contributed by atoms with E-state index >= 15 is 0 Å². The zero-order valence-electron chi connectivity index (χ0n) is 17.6. The number of hydrogen-bond acceptors (Lipinski definition) is 0. The molecule has 28 heavy (non-hydrogen) atoms. The summed E-state index contributed by atoms with van der Waals surface area (Å²) in [5.41, 5.74) is 5.66. The second-order valence-electron chi connectivity index (χ2n) is 9.81. The molecule has 0 amide bonds. The van der Waals surface area contributed by atoms with Gasteiger partial charge >= 0.3 is 0 Å². The Kier molecular flexibility index (Phi) is 6.46. The minimum absolute atomic E-state index is 0.698. The van der Waals surface area contributed by atoms with Gasteiger partial charge in [0.15, 0.2) is 0 Å². The van der Waals surface area contributed by atoms with Gasteiger partial charge in [-0.05, 0) is 84.1 Å². The van der Waals surface area contributed by atoms with Gasteiger partial charge in [-0.2, -0.15) is 0 Å². The largest absolute Gasteiger partial charge is 0.0840 e. The molecule has 0 saturated heterocycles. The Balaban J connectivity index is 1.45. The number of halogens is 1. The molecular weight excluding hydrogens is 360 g/mol. The first-order chi connectivity index (χ1) is 13.6. The normalized spacial score (nSPS) is 25.9. The first kappa shape index (κ1) is 20.0. The van der Waals surface area contributed by atoms with Gasteiger partial charge in [-0.1, -0.05) is 87.5 Å². The lowest BCUT2D eigenvalue weighted by Crippen LogP contribution is -2.18.